The molecule has 0 saturated carbocycles. The van der Waals surface area contributed by atoms with Gasteiger partial charge in [-0.15, -0.1) is 0 Å². The van der Waals surface area contributed by atoms with Gasteiger partial charge in [-0.25, -0.2) is 0 Å². The van der Waals surface area contributed by atoms with Crippen molar-refractivity contribution in [2.75, 3.05) is 44.2 Å². The minimum atomic E-state index is -0.304. The van der Waals surface area contributed by atoms with Crippen LogP contribution >= 0.6 is 0 Å². The summed E-state index contributed by atoms with van der Waals surface area (Å²) in [4.78, 5) is 17.0. The van der Waals surface area contributed by atoms with Crippen LogP contribution in [0.3, 0.4) is 0 Å². The monoisotopic (exact) mass is 437 g/mol. The van der Waals surface area contributed by atoms with Crippen molar-refractivity contribution in [1.29, 1.82) is 0 Å². The van der Waals surface area contributed by atoms with Gasteiger partial charge in [0.05, 0.1) is 12.5 Å². The number of piperazine rings is 1. The number of aldehydes is 1. The number of hydrogen-bond acceptors (Lipinski definition) is 5. The molecule has 1 saturated heterocycles. The minimum Gasteiger partial charge on any atom is -0.497 e. The van der Waals surface area contributed by atoms with Gasteiger partial charge in [0, 0.05) is 45.0 Å². The molecule has 0 spiro atoms. The normalized spacial score (nSPS) is 19.8. The van der Waals surface area contributed by atoms with Gasteiger partial charge in [0.2, 0.25) is 0 Å². The van der Waals surface area contributed by atoms with Crippen molar-refractivity contribution in [2.24, 2.45) is 17.6 Å². The van der Waals surface area contributed by atoms with Gasteiger partial charge in [-0.2, -0.15) is 0 Å². The summed E-state index contributed by atoms with van der Waals surface area (Å²) in [5, 5.41) is 0. The highest BCUT2D eigenvalue weighted by atomic mass is 16.5. The van der Waals surface area contributed by atoms with E-state index in [-0.39, 0.29) is 5.92 Å². The second-order valence-corrected chi connectivity index (χ2v) is 9.06. The largest absolute Gasteiger partial charge is 0.497 e. The summed E-state index contributed by atoms with van der Waals surface area (Å²) in [7, 11) is 0. The molecule has 0 radical (unpaired) electrons. The van der Waals surface area contributed by atoms with Gasteiger partial charge in [-0.1, -0.05) is 51.5 Å². The second kappa shape index (κ2) is 12.0. The maximum Gasteiger partial charge on any atom is 0.134 e. The molecule has 1 aromatic carbocycles. The van der Waals surface area contributed by atoms with Gasteiger partial charge in [-0.3, -0.25) is 4.90 Å². The number of ether oxygens (including phenoxy) is 1. The number of allylic oxidation sites excluding steroid dienone is 5. The Balaban J connectivity index is 1.67. The molecule has 0 bridgehead atoms. The SMILES string of the molecule is CCCCOC1=CC(C(C)C)=CC=C(CN2CCN(c3ccc(CN)cc3)CC2)C1C=O. The molecule has 1 unspecified atom stereocenters. The molecule has 5 heteroatoms. The highest BCUT2D eigenvalue weighted by Crippen LogP contribution is 2.29. The first-order chi connectivity index (χ1) is 15.5. The van der Waals surface area contributed by atoms with Crippen molar-refractivity contribution in [3.8, 4) is 0 Å². The van der Waals surface area contributed by atoms with Crippen molar-refractivity contribution in [3.05, 3.63) is 65.0 Å². The fraction of sp³-hybridized carbons (Fsp3) is 0.519. The average Bonchev–Trinajstić information content (AvgIpc) is 2.99. The average molecular weight is 438 g/mol. The smallest absolute Gasteiger partial charge is 0.134 e. The Morgan fingerprint density at radius 2 is 1.84 bits per heavy atom. The van der Waals surface area contributed by atoms with Gasteiger partial charge in [0.25, 0.3) is 0 Å². The summed E-state index contributed by atoms with van der Waals surface area (Å²) in [6.07, 6.45) is 9.54. The highest BCUT2D eigenvalue weighted by Gasteiger charge is 2.26. The molecule has 1 aromatic rings. The van der Waals surface area contributed by atoms with Crippen LogP contribution in [-0.4, -0.2) is 50.5 Å². The maximum atomic E-state index is 12.2. The van der Waals surface area contributed by atoms with E-state index in [1.807, 2.05) is 0 Å². The zero-order chi connectivity index (χ0) is 22.9. The molecule has 1 aliphatic heterocycles. The Morgan fingerprint density at radius 1 is 1.12 bits per heavy atom. The van der Waals surface area contributed by atoms with Gasteiger partial charge in [0.1, 0.15) is 12.0 Å². The van der Waals surface area contributed by atoms with Crippen LogP contribution in [0.4, 0.5) is 5.69 Å². The van der Waals surface area contributed by atoms with E-state index in [1.54, 1.807) is 0 Å². The summed E-state index contributed by atoms with van der Waals surface area (Å²) in [6, 6.07) is 8.55. The van der Waals surface area contributed by atoms with E-state index in [4.69, 9.17) is 10.5 Å². The lowest BCUT2D eigenvalue weighted by Crippen LogP contribution is -2.47. The molecule has 2 aliphatic rings. The Kier molecular flexibility index (Phi) is 9.12. The van der Waals surface area contributed by atoms with Gasteiger partial charge >= 0.3 is 0 Å². The predicted octanol–water partition coefficient (Wildman–Crippen LogP) is 4.31. The molecule has 2 N–H and O–H groups in total. The summed E-state index contributed by atoms with van der Waals surface area (Å²) >= 11 is 0. The van der Waals surface area contributed by atoms with E-state index >= 15 is 0 Å². The fourth-order valence-electron chi connectivity index (χ4n) is 4.19. The molecule has 1 atom stereocenters. The molecule has 32 heavy (non-hydrogen) atoms. The van der Waals surface area contributed by atoms with E-state index in [0.717, 1.165) is 68.7 Å². The van der Waals surface area contributed by atoms with Crippen LogP contribution in [0.5, 0.6) is 0 Å². The number of rotatable bonds is 10. The summed E-state index contributed by atoms with van der Waals surface area (Å²) < 4.78 is 6.11. The third kappa shape index (κ3) is 6.33. The molecule has 1 heterocycles. The van der Waals surface area contributed by atoms with E-state index in [9.17, 15) is 4.79 Å². The number of nitrogens with two attached hydrogens (primary N) is 1. The minimum absolute atomic E-state index is 0.304. The summed E-state index contributed by atoms with van der Waals surface area (Å²) in [6.45, 7) is 12.4. The van der Waals surface area contributed by atoms with Crippen LogP contribution in [0.2, 0.25) is 0 Å². The Labute approximate surface area is 193 Å². The fourth-order valence-corrected chi connectivity index (χ4v) is 4.19. The molecule has 0 amide bonds. The van der Waals surface area contributed by atoms with Crippen molar-refractivity contribution in [2.45, 2.75) is 40.2 Å². The lowest BCUT2D eigenvalue weighted by Gasteiger charge is -2.37. The lowest BCUT2D eigenvalue weighted by atomic mass is 9.97. The lowest BCUT2D eigenvalue weighted by molar-refractivity contribution is -0.110. The Hall–Kier alpha value is -2.37. The van der Waals surface area contributed by atoms with E-state index in [2.05, 4.69) is 73.1 Å². The van der Waals surface area contributed by atoms with Crippen molar-refractivity contribution < 1.29 is 9.53 Å². The Bertz CT molecular complexity index is 831. The third-order valence-corrected chi connectivity index (χ3v) is 6.39. The summed E-state index contributed by atoms with van der Waals surface area (Å²) in [5.74, 6) is 0.883. The van der Waals surface area contributed by atoms with Crippen molar-refractivity contribution in [1.82, 2.24) is 4.90 Å². The molecule has 5 nitrogen and oxygen atoms in total. The van der Waals surface area contributed by atoms with E-state index in [1.165, 1.54) is 11.3 Å². The topological polar surface area (TPSA) is 58.8 Å². The number of nitrogens with zero attached hydrogens (tertiary/aromatic N) is 2. The number of unbranched alkanes of at least 4 members (excludes halogenated alkanes) is 1. The molecular weight excluding hydrogens is 398 g/mol. The Morgan fingerprint density at radius 3 is 2.44 bits per heavy atom. The number of carbonyl (C=O) groups is 1. The molecule has 3 rings (SSSR count). The van der Waals surface area contributed by atoms with Crippen LogP contribution in [0.15, 0.2) is 59.4 Å². The van der Waals surface area contributed by atoms with E-state index < -0.39 is 0 Å². The maximum absolute atomic E-state index is 12.2. The molecule has 174 valence electrons. The first kappa shape index (κ1) is 24.3. The number of benzene rings is 1. The molecule has 1 aliphatic carbocycles. The molecule has 0 aromatic heterocycles. The van der Waals surface area contributed by atoms with Crippen molar-refractivity contribution >= 4 is 12.0 Å². The first-order valence-corrected chi connectivity index (χ1v) is 12.0. The van der Waals surface area contributed by atoms with Crippen LogP contribution in [0, 0.1) is 11.8 Å². The second-order valence-electron chi connectivity index (χ2n) is 9.06. The molecular formula is C27H39N3O2. The predicted molar refractivity (Wildman–Crippen MR) is 132 cm³/mol. The summed E-state index contributed by atoms with van der Waals surface area (Å²) in [5.41, 5.74) is 10.5. The van der Waals surface area contributed by atoms with E-state index in [0.29, 0.717) is 19.1 Å². The first-order valence-electron chi connectivity index (χ1n) is 12.0. The van der Waals surface area contributed by atoms with Gasteiger partial charge < -0.3 is 20.2 Å². The number of hydrogen-bond donors (Lipinski definition) is 1. The highest BCUT2D eigenvalue weighted by molar-refractivity contribution is 5.65. The third-order valence-electron chi connectivity index (χ3n) is 6.39. The van der Waals surface area contributed by atoms with Crippen LogP contribution in [-0.2, 0) is 16.1 Å². The van der Waals surface area contributed by atoms with Gasteiger partial charge in [-0.05, 0) is 47.3 Å². The van der Waals surface area contributed by atoms with Crippen LogP contribution in [0.25, 0.3) is 0 Å². The zero-order valence-electron chi connectivity index (χ0n) is 19.9. The quantitative estimate of drug-likeness (QED) is 0.437. The van der Waals surface area contributed by atoms with Crippen LogP contribution in [0.1, 0.15) is 39.2 Å². The van der Waals surface area contributed by atoms with Crippen molar-refractivity contribution in [3.63, 3.8) is 0 Å². The standard InChI is InChI=1S/C27H39N3O2/c1-4-5-16-32-27-17-23(21(2)3)8-9-24(26(27)20-31)19-29-12-14-30(15-13-29)25-10-6-22(18-28)7-11-25/h6-11,17,20-21,26H,4-5,12-16,18-19,28H2,1-3H3. The molecule has 1 fully saturated rings. The van der Waals surface area contributed by atoms with Crippen LogP contribution < -0.4 is 10.6 Å². The number of carbonyl (C=O) groups excluding carboxylic acids is 1. The van der Waals surface area contributed by atoms with Gasteiger partial charge in [0.15, 0.2) is 0 Å². The number of anilines is 1. The zero-order valence-corrected chi connectivity index (χ0v) is 19.9.